The molecule has 0 saturated heterocycles. The predicted octanol–water partition coefficient (Wildman–Crippen LogP) is 3.71. The van der Waals surface area contributed by atoms with E-state index >= 15 is 0 Å². The second-order valence-corrected chi connectivity index (χ2v) is 6.53. The maximum Gasteiger partial charge on any atom is 0.217 e. The van der Waals surface area contributed by atoms with Crippen LogP contribution in [0.2, 0.25) is 0 Å². The normalized spacial score (nSPS) is 13.6. The third-order valence-corrected chi connectivity index (χ3v) is 4.61. The van der Waals surface area contributed by atoms with E-state index in [1.807, 2.05) is 36.4 Å². The lowest BCUT2D eigenvalue weighted by Gasteiger charge is -2.40. The van der Waals surface area contributed by atoms with Crippen molar-refractivity contribution < 1.29 is 9.53 Å². The lowest BCUT2D eigenvalue weighted by molar-refractivity contribution is -0.139. The Morgan fingerprint density at radius 3 is 1.88 bits per heavy atom. The largest absolute Gasteiger partial charge is 0.370 e. The van der Waals surface area contributed by atoms with Crippen LogP contribution in [0.3, 0.4) is 0 Å². The molecule has 2 rings (SSSR count). The fourth-order valence-electron chi connectivity index (χ4n) is 2.98. The molecule has 0 radical (unpaired) electrons. The first-order chi connectivity index (χ1) is 12.0. The minimum Gasteiger partial charge on any atom is -0.370 e. The molecule has 0 saturated carbocycles. The molecule has 0 aromatic heterocycles. The number of amides is 1. The molecule has 0 fully saturated rings. The lowest BCUT2D eigenvalue weighted by Crippen LogP contribution is -2.47. The van der Waals surface area contributed by atoms with Crippen molar-refractivity contribution in [2.45, 2.75) is 45.0 Å². The van der Waals surface area contributed by atoms with Gasteiger partial charge in [0.15, 0.2) is 0 Å². The molecule has 2 N–H and O–H groups in total. The van der Waals surface area contributed by atoms with Crippen LogP contribution in [0.5, 0.6) is 0 Å². The van der Waals surface area contributed by atoms with Gasteiger partial charge >= 0.3 is 0 Å². The summed E-state index contributed by atoms with van der Waals surface area (Å²) >= 11 is 0. The standard InChI is InChI=1S/C21H28N2O2/c1-21(25-2,15-9-14-20(22)24)23(16-18-10-5-3-6-11-18)17-19-12-7-4-8-13-19/h3-8,10-13H,9,14-17H2,1-2H3,(H2,22,24). The van der Waals surface area contributed by atoms with E-state index in [-0.39, 0.29) is 5.91 Å². The SMILES string of the molecule is COC(C)(CCCC(N)=O)N(Cc1ccccc1)Cc1ccccc1. The summed E-state index contributed by atoms with van der Waals surface area (Å²) in [4.78, 5) is 13.4. The number of primary amides is 1. The van der Waals surface area contributed by atoms with Crippen LogP contribution in [0, 0.1) is 0 Å². The quantitative estimate of drug-likeness (QED) is 0.671. The monoisotopic (exact) mass is 340 g/mol. The Hall–Kier alpha value is -2.17. The average molecular weight is 340 g/mol. The zero-order valence-corrected chi connectivity index (χ0v) is 15.2. The highest BCUT2D eigenvalue weighted by Gasteiger charge is 2.31. The average Bonchev–Trinajstić information content (AvgIpc) is 2.62. The van der Waals surface area contributed by atoms with E-state index in [0.29, 0.717) is 12.8 Å². The minimum atomic E-state index is -0.471. The van der Waals surface area contributed by atoms with Gasteiger partial charge in [-0.2, -0.15) is 0 Å². The van der Waals surface area contributed by atoms with Crippen LogP contribution < -0.4 is 5.73 Å². The van der Waals surface area contributed by atoms with E-state index < -0.39 is 5.72 Å². The Kier molecular flexibility index (Phi) is 7.16. The number of rotatable bonds is 10. The summed E-state index contributed by atoms with van der Waals surface area (Å²) in [5, 5.41) is 0. The molecule has 0 bridgehead atoms. The number of carbonyl (C=O) groups excluding carboxylic acids is 1. The van der Waals surface area contributed by atoms with Crippen molar-refractivity contribution in [2.75, 3.05) is 7.11 Å². The number of nitrogens with zero attached hydrogens (tertiary/aromatic N) is 1. The summed E-state index contributed by atoms with van der Waals surface area (Å²) < 4.78 is 5.90. The Bertz CT molecular complexity index is 604. The molecule has 2 aromatic rings. The molecule has 0 spiro atoms. The first-order valence-electron chi connectivity index (χ1n) is 8.70. The molecule has 1 atom stereocenters. The molecule has 1 unspecified atom stereocenters. The van der Waals surface area contributed by atoms with Crippen molar-refractivity contribution in [2.24, 2.45) is 5.73 Å². The van der Waals surface area contributed by atoms with Crippen molar-refractivity contribution in [3.05, 3.63) is 71.8 Å². The molecule has 0 aliphatic heterocycles. The number of methoxy groups -OCH3 is 1. The van der Waals surface area contributed by atoms with Crippen LogP contribution in [0.4, 0.5) is 0 Å². The van der Waals surface area contributed by atoms with Gasteiger partial charge in [-0.3, -0.25) is 9.69 Å². The van der Waals surface area contributed by atoms with Gasteiger partial charge in [-0.05, 0) is 30.9 Å². The van der Waals surface area contributed by atoms with Gasteiger partial charge < -0.3 is 10.5 Å². The number of carbonyl (C=O) groups is 1. The van der Waals surface area contributed by atoms with Gasteiger partial charge in [-0.1, -0.05) is 60.7 Å². The molecule has 134 valence electrons. The fourth-order valence-corrected chi connectivity index (χ4v) is 2.98. The molecule has 1 amide bonds. The molecule has 0 heterocycles. The van der Waals surface area contributed by atoms with Gasteiger partial charge in [0.25, 0.3) is 0 Å². The van der Waals surface area contributed by atoms with Crippen molar-refractivity contribution in [1.29, 1.82) is 0 Å². The summed E-state index contributed by atoms with van der Waals surface area (Å²) in [6.07, 6.45) is 1.83. The van der Waals surface area contributed by atoms with E-state index in [4.69, 9.17) is 10.5 Å². The maximum absolute atomic E-state index is 11.1. The number of hydrogen-bond donors (Lipinski definition) is 1. The van der Waals surface area contributed by atoms with Gasteiger partial charge in [-0.15, -0.1) is 0 Å². The Labute approximate surface area is 150 Å². The fraction of sp³-hybridized carbons (Fsp3) is 0.381. The number of ether oxygens (including phenoxy) is 1. The predicted molar refractivity (Wildman–Crippen MR) is 101 cm³/mol. The Morgan fingerprint density at radius 2 is 1.48 bits per heavy atom. The van der Waals surface area contributed by atoms with Gasteiger partial charge in [0.05, 0.1) is 0 Å². The summed E-state index contributed by atoms with van der Waals surface area (Å²) in [5.74, 6) is -0.267. The first kappa shape index (κ1) is 19.2. The van der Waals surface area contributed by atoms with E-state index in [1.54, 1.807) is 7.11 Å². The van der Waals surface area contributed by atoms with Gasteiger partial charge in [0, 0.05) is 26.6 Å². The van der Waals surface area contributed by atoms with Crippen LogP contribution >= 0.6 is 0 Å². The van der Waals surface area contributed by atoms with E-state index in [1.165, 1.54) is 11.1 Å². The third-order valence-electron chi connectivity index (χ3n) is 4.61. The van der Waals surface area contributed by atoms with Crippen LogP contribution in [-0.2, 0) is 22.6 Å². The second kappa shape index (κ2) is 9.35. The summed E-state index contributed by atoms with van der Waals surface area (Å²) in [6.45, 7) is 3.63. The van der Waals surface area contributed by atoms with Crippen molar-refractivity contribution in [3.8, 4) is 0 Å². The number of nitrogens with two attached hydrogens (primary N) is 1. The summed E-state index contributed by atoms with van der Waals surface area (Å²) in [5.41, 5.74) is 7.29. The smallest absolute Gasteiger partial charge is 0.217 e. The molecular weight excluding hydrogens is 312 g/mol. The maximum atomic E-state index is 11.1. The highest BCUT2D eigenvalue weighted by Crippen LogP contribution is 2.27. The lowest BCUT2D eigenvalue weighted by atomic mass is 10.0. The molecular formula is C21H28N2O2. The van der Waals surface area contributed by atoms with E-state index in [0.717, 1.165) is 19.5 Å². The van der Waals surface area contributed by atoms with Gasteiger partial charge in [-0.25, -0.2) is 0 Å². The molecule has 2 aromatic carbocycles. The molecule has 0 aliphatic rings. The first-order valence-corrected chi connectivity index (χ1v) is 8.70. The topological polar surface area (TPSA) is 55.6 Å². The van der Waals surface area contributed by atoms with Crippen LogP contribution in [0.25, 0.3) is 0 Å². The molecule has 4 heteroatoms. The van der Waals surface area contributed by atoms with Crippen molar-refractivity contribution in [1.82, 2.24) is 4.90 Å². The highest BCUT2D eigenvalue weighted by atomic mass is 16.5. The summed E-state index contributed by atoms with van der Waals surface area (Å²) in [7, 11) is 1.73. The van der Waals surface area contributed by atoms with Crippen LogP contribution in [0.15, 0.2) is 60.7 Å². The Morgan fingerprint density at radius 1 is 1.00 bits per heavy atom. The molecule has 0 aliphatic carbocycles. The van der Waals surface area contributed by atoms with Crippen LogP contribution in [0.1, 0.15) is 37.3 Å². The molecule has 4 nitrogen and oxygen atoms in total. The highest BCUT2D eigenvalue weighted by molar-refractivity contribution is 5.73. The zero-order valence-electron chi connectivity index (χ0n) is 15.2. The second-order valence-electron chi connectivity index (χ2n) is 6.53. The van der Waals surface area contributed by atoms with Gasteiger partial charge in [0.1, 0.15) is 5.72 Å². The number of hydrogen-bond acceptors (Lipinski definition) is 3. The minimum absolute atomic E-state index is 0.267. The van der Waals surface area contributed by atoms with Crippen molar-refractivity contribution in [3.63, 3.8) is 0 Å². The van der Waals surface area contributed by atoms with E-state index in [2.05, 4.69) is 36.1 Å². The third kappa shape index (κ3) is 6.00. The molecule has 25 heavy (non-hydrogen) atoms. The van der Waals surface area contributed by atoms with Crippen LogP contribution in [-0.4, -0.2) is 23.6 Å². The van der Waals surface area contributed by atoms with E-state index in [9.17, 15) is 4.79 Å². The number of benzene rings is 2. The summed E-state index contributed by atoms with van der Waals surface area (Å²) in [6, 6.07) is 20.7. The Balaban J connectivity index is 2.19. The zero-order chi connectivity index (χ0) is 18.1. The van der Waals surface area contributed by atoms with Gasteiger partial charge in [0.2, 0.25) is 5.91 Å². The van der Waals surface area contributed by atoms with Crippen molar-refractivity contribution >= 4 is 5.91 Å².